The molecule has 2 aliphatic rings. The fourth-order valence-corrected chi connectivity index (χ4v) is 4.03. The van der Waals surface area contributed by atoms with Crippen LogP contribution in [0.4, 0.5) is 0 Å². The zero-order valence-electron chi connectivity index (χ0n) is 11.3. The predicted octanol–water partition coefficient (Wildman–Crippen LogP) is 2.32. The summed E-state index contributed by atoms with van der Waals surface area (Å²) >= 11 is 1.86. The minimum Gasteiger partial charge on any atom is -0.359 e. The average Bonchev–Trinajstić information content (AvgIpc) is 2.99. The first-order valence-corrected chi connectivity index (χ1v) is 7.99. The van der Waals surface area contributed by atoms with E-state index in [2.05, 4.69) is 20.4 Å². The standard InChI is InChI=1S/C13H20N4OS/c1-10-15-11(18-17-10)5-8-14-12-16-13(9-19-12)6-3-2-4-7-13/h2-9H2,1H3,(H,14,16). The summed E-state index contributed by atoms with van der Waals surface area (Å²) in [4.78, 5) is 8.80. The summed E-state index contributed by atoms with van der Waals surface area (Å²) in [5.41, 5.74) is 0.336. The van der Waals surface area contributed by atoms with Gasteiger partial charge in [0, 0.05) is 17.7 Å². The molecule has 3 rings (SSSR count). The molecule has 1 saturated heterocycles. The zero-order chi connectivity index (χ0) is 13.1. The van der Waals surface area contributed by atoms with Crippen LogP contribution in [-0.2, 0) is 6.42 Å². The van der Waals surface area contributed by atoms with Gasteiger partial charge in [0.1, 0.15) is 0 Å². The lowest BCUT2D eigenvalue weighted by Gasteiger charge is -2.32. The molecule has 0 bridgehead atoms. The third kappa shape index (κ3) is 3.11. The summed E-state index contributed by atoms with van der Waals surface area (Å²) in [6.07, 6.45) is 7.39. The van der Waals surface area contributed by atoms with E-state index in [0.29, 0.717) is 23.8 Å². The van der Waals surface area contributed by atoms with Gasteiger partial charge in [0.25, 0.3) is 0 Å². The van der Waals surface area contributed by atoms with Gasteiger partial charge in [0.2, 0.25) is 5.89 Å². The van der Waals surface area contributed by atoms with Crippen molar-refractivity contribution in [2.24, 2.45) is 4.99 Å². The van der Waals surface area contributed by atoms with Gasteiger partial charge in [-0.05, 0) is 19.8 Å². The topological polar surface area (TPSA) is 63.3 Å². The molecule has 6 heteroatoms. The molecule has 1 N–H and O–H groups in total. The van der Waals surface area contributed by atoms with Crippen LogP contribution in [0.3, 0.4) is 0 Å². The highest BCUT2D eigenvalue weighted by Crippen LogP contribution is 2.36. The number of nitrogens with one attached hydrogen (secondary N) is 1. The number of aliphatic imine (C=N–C) groups is 1. The maximum atomic E-state index is 5.08. The Kier molecular flexibility index (Phi) is 3.77. The Morgan fingerprint density at radius 1 is 1.37 bits per heavy atom. The number of aryl methyl sites for hydroxylation is 1. The number of amidine groups is 1. The Morgan fingerprint density at radius 3 is 2.95 bits per heavy atom. The lowest BCUT2D eigenvalue weighted by molar-refractivity contribution is 0.303. The fourth-order valence-electron chi connectivity index (χ4n) is 2.78. The summed E-state index contributed by atoms with van der Waals surface area (Å²) in [6, 6.07) is 0. The van der Waals surface area contributed by atoms with E-state index in [-0.39, 0.29) is 0 Å². The van der Waals surface area contributed by atoms with E-state index in [4.69, 9.17) is 4.52 Å². The summed E-state index contributed by atoms with van der Waals surface area (Å²) in [6.45, 7) is 2.55. The second-order valence-electron chi connectivity index (χ2n) is 5.43. The summed E-state index contributed by atoms with van der Waals surface area (Å²) in [5.74, 6) is 2.54. The van der Waals surface area contributed by atoms with Crippen molar-refractivity contribution in [1.82, 2.24) is 15.5 Å². The minimum absolute atomic E-state index is 0.336. The molecule has 0 amide bonds. The van der Waals surface area contributed by atoms with Crippen molar-refractivity contribution in [1.29, 1.82) is 0 Å². The Hall–Kier alpha value is -1.04. The molecule has 1 aliphatic heterocycles. The van der Waals surface area contributed by atoms with E-state index < -0.39 is 0 Å². The first-order valence-electron chi connectivity index (χ1n) is 7.00. The van der Waals surface area contributed by atoms with Crippen LogP contribution in [0, 0.1) is 6.92 Å². The number of hydrogen-bond donors (Lipinski definition) is 1. The van der Waals surface area contributed by atoms with Gasteiger partial charge in [0.15, 0.2) is 11.0 Å². The van der Waals surface area contributed by atoms with Gasteiger partial charge in [0.05, 0.1) is 6.54 Å². The fraction of sp³-hybridized carbons (Fsp3) is 0.769. The van der Waals surface area contributed by atoms with E-state index in [9.17, 15) is 0 Å². The summed E-state index contributed by atoms with van der Waals surface area (Å²) in [7, 11) is 0. The SMILES string of the molecule is Cc1noc(CCN=C2NC3(CCCCC3)CS2)n1. The molecule has 2 fully saturated rings. The summed E-state index contributed by atoms with van der Waals surface area (Å²) in [5, 5.41) is 8.52. The van der Waals surface area contributed by atoms with Crippen LogP contribution in [0.15, 0.2) is 9.52 Å². The number of nitrogens with zero attached hydrogens (tertiary/aromatic N) is 3. The molecular weight excluding hydrogens is 260 g/mol. The third-order valence-electron chi connectivity index (χ3n) is 3.82. The molecule has 2 heterocycles. The normalized spacial score (nSPS) is 23.9. The molecule has 1 saturated carbocycles. The van der Waals surface area contributed by atoms with E-state index in [0.717, 1.165) is 11.6 Å². The molecule has 1 aromatic heterocycles. The molecule has 1 spiro atoms. The first-order chi connectivity index (χ1) is 9.26. The van der Waals surface area contributed by atoms with Crippen LogP contribution in [0.25, 0.3) is 0 Å². The van der Waals surface area contributed by atoms with Crippen molar-refractivity contribution in [2.75, 3.05) is 12.3 Å². The van der Waals surface area contributed by atoms with Crippen molar-refractivity contribution in [2.45, 2.75) is 51.0 Å². The van der Waals surface area contributed by atoms with Gasteiger partial charge in [-0.2, -0.15) is 4.98 Å². The molecule has 5 nitrogen and oxygen atoms in total. The highest BCUT2D eigenvalue weighted by Gasteiger charge is 2.37. The zero-order valence-corrected chi connectivity index (χ0v) is 12.1. The number of aromatic nitrogens is 2. The first kappa shape index (κ1) is 13.0. The maximum absolute atomic E-state index is 5.08. The number of hydrogen-bond acceptors (Lipinski definition) is 5. The van der Waals surface area contributed by atoms with Gasteiger partial charge < -0.3 is 9.84 Å². The smallest absolute Gasteiger partial charge is 0.228 e. The highest BCUT2D eigenvalue weighted by molar-refractivity contribution is 8.14. The Bertz CT molecular complexity index is 465. The van der Waals surface area contributed by atoms with Gasteiger partial charge in [-0.25, -0.2) is 0 Å². The van der Waals surface area contributed by atoms with Crippen LogP contribution in [0.2, 0.25) is 0 Å². The van der Waals surface area contributed by atoms with E-state index in [1.807, 2.05) is 18.7 Å². The van der Waals surface area contributed by atoms with Gasteiger partial charge >= 0.3 is 0 Å². The minimum atomic E-state index is 0.336. The van der Waals surface area contributed by atoms with Crippen molar-refractivity contribution < 1.29 is 4.52 Å². The second kappa shape index (κ2) is 5.53. The molecule has 0 aromatic carbocycles. The molecule has 1 aliphatic carbocycles. The van der Waals surface area contributed by atoms with Gasteiger partial charge in [-0.3, -0.25) is 4.99 Å². The maximum Gasteiger partial charge on any atom is 0.228 e. The number of thioether (sulfide) groups is 1. The van der Waals surface area contributed by atoms with E-state index in [1.165, 1.54) is 37.9 Å². The van der Waals surface area contributed by atoms with Crippen LogP contribution in [0.1, 0.15) is 43.8 Å². The molecule has 0 atom stereocenters. The third-order valence-corrected chi connectivity index (χ3v) is 5.02. The Morgan fingerprint density at radius 2 is 2.21 bits per heavy atom. The highest BCUT2D eigenvalue weighted by atomic mass is 32.2. The molecule has 0 unspecified atom stereocenters. The van der Waals surface area contributed by atoms with E-state index >= 15 is 0 Å². The van der Waals surface area contributed by atoms with Gasteiger partial charge in [-0.15, -0.1) is 0 Å². The van der Waals surface area contributed by atoms with Crippen molar-refractivity contribution >= 4 is 16.9 Å². The van der Waals surface area contributed by atoms with Crippen molar-refractivity contribution in [3.63, 3.8) is 0 Å². The Labute approximate surface area is 117 Å². The monoisotopic (exact) mass is 280 g/mol. The van der Waals surface area contributed by atoms with E-state index in [1.54, 1.807) is 0 Å². The molecule has 1 aromatic rings. The van der Waals surface area contributed by atoms with Crippen LogP contribution < -0.4 is 5.32 Å². The van der Waals surface area contributed by atoms with Crippen LogP contribution >= 0.6 is 11.8 Å². The average molecular weight is 280 g/mol. The number of rotatable bonds is 3. The molecule has 19 heavy (non-hydrogen) atoms. The Balaban J connectivity index is 1.51. The predicted molar refractivity (Wildman–Crippen MR) is 76.5 cm³/mol. The molecular formula is C13H20N4OS. The van der Waals surface area contributed by atoms with Crippen molar-refractivity contribution in [3.8, 4) is 0 Å². The summed E-state index contributed by atoms with van der Waals surface area (Å²) < 4.78 is 5.08. The second-order valence-corrected chi connectivity index (χ2v) is 6.39. The quantitative estimate of drug-likeness (QED) is 0.920. The van der Waals surface area contributed by atoms with Crippen LogP contribution in [0.5, 0.6) is 0 Å². The van der Waals surface area contributed by atoms with Crippen LogP contribution in [-0.4, -0.2) is 33.1 Å². The lowest BCUT2D eigenvalue weighted by atomic mass is 9.83. The molecule has 0 radical (unpaired) electrons. The van der Waals surface area contributed by atoms with Crippen molar-refractivity contribution in [3.05, 3.63) is 11.7 Å². The lowest BCUT2D eigenvalue weighted by Crippen LogP contribution is -2.45. The largest absolute Gasteiger partial charge is 0.359 e. The molecule has 104 valence electrons. The van der Waals surface area contributed by atoms with Gasteiger partial charge in [-0.1, -0.05) is 36.2 Å².